The van der Waals surface area contributed by atoms with Crippen LogP contribution in [0.15, 0.2) is 18.2 Å². The summed E-state index contributed by atoms with van der Waals surface area (Å²) >= 11 is 5.84. The van der Waals surface area contributed by atoms with Gasteiger partial charge in [-0.1, -0.05) is 11.6 Å². The number of hydrogen-bond donors (Lipinski definition) is 3. The second-order valence-corrected chi connectivity index (χ2v) is 4.67. The maximum atomic E-state index is 11.9. The summed E-state index contributed by atoms with van der Waals surface area (Å²) in [4.78, 5) is 33.3. The van der Waals surface area contributed by atoms with E-state index in [2.05, 4.69) is 5.32 Å². The van der Waals surface area contributed by atoms with Crippen LogP contribution in [0, 0.1) is 6.92 Å². The lowest BCUT2D eigenvalue weighted by molar-refractivity contribution is -0.140. The highest BCUT2D eigenvalue weighted by molar-refractivity contribution is 6.31. The maximum absolute atomic E-state index is 11.9. The molecule has 0 aliphatic carbocycles. The van der Waals surface area contributed by atoms with Gasteiger partial charge >= 0.3 is 11.9 Å². The Hall–Kier alpha value is -2.08. The molecule has 1 unspecified atom stereocenters. The molecule has 0 radical (unpaired) electrons. The Morgan fingerprint density at radius 3 is 2.45 bits per heavy atom. The molecule has 1 atom stereocenters. The van der Waals surface area contributed by atoms with Gasteiger partial charge in [0.15, 0.2) is 0 Å². The molecular weight excluding hydrogens is 286 g/mol. The lowest BCUT2D eigenvalue weighted by Crippen LogP contribution is -2.41. The Morgan fingerprint density at radius 2 is 1.95 bits per heavy atom. The molecule has 0 heterocycles. The van der Waals surface area contributed by atoms with Crippen LogP contribution >= 0.6 is 11.6 Å². The molecule has 0 fully saturated rings. The SMILES string of the molecule is Cc1cc(C(=O)NC(CCC(=O)O)C(=O)O)ccc1Cl. The van der Waals surface area contributed by atoms with Crippen molar-refractivity contribution < 1.29 is 24.6 Å². The monoisotopic (exact) mass is 299 g/mol. The molecule has 6 nitrogen and oxygen atoms in total. The maximum Gasteiger partial charge on any atom is 0.326 e. The highest BCUT2D eigenvalue weighted by atomic mass is 35.5. The van der Waals surface area contributed by atoms with Gasteiger partial charge in [0.1, 0.15) is 6.04 Å². The number of halogens is 1. The molecule has 3 N–H and O–H groups in total. The van der Waals surface area contributed by atoms with Crippen molar-refractivity contribution in [2.75, 3.05) is 0 Å². The van der Waals surface area contributed by atoms with Crippen molar-refractivity contribution in [3.8, 4) is 0 Å². The van der Waals surface area contributed by atoms with Crippen LogP contribution in [0.5, 0.6) is 0 Å². The number of carbonyl (C=O) groups excluding carboxylic acids is 1. The number of nitrogens with one attached hydrogen (secondary N) is 1. The quantitative estimate of drug-likeness (QED) is 0.741. The molecule has 0 bridgehead atoms. The summed E-state index contributed by atoms with van der Waals surface area (Å²) in [7, 11) is 0. The molecule has 7 heteroatoms. The average molecular weight is 300 g/mol. The number of benzene rings is 1. The number of aryl methyl sites for hydroxylation is 1. The Bertz CT molecular complexity index is 544. The van der Waals surface area contributed by atoms with Crippen LogP contribution in [0.1, 0.15) is 28.8 Å². The number of hydrogen-bond acceptors (Lipinski definition) is 3. The number of rotatable bonds is 6. The summed E-state index contributed by atoms with van der Waals surface area (Å²) in [6.45, 7) is 1.72. The van der Waals surface area contributed by atoms with Gasteiger partial charge in [0.2, 0.25) is 0 Å². The summed E-state index contributed by atoms with van der Waals surface area (Å²) in [5.74, 6) is -2.97. The first-order valence-electron chi connectivity index (χ1n) is 5.83. The zero-order chi connectivity index (χ0) is 15.3. The lowest BCUT2D eigenvalue weighted by Gasteiger charge is -2.14. The normalized spacial score (nSPS) is 11.7. The molecule has 0 saturated heterocycles. The van der Waals surface area contributed by atoms with E-state index in [4.69, 9.17) is 21.8 Å². The number of carboxylic acid groups (broad SMARTS) is 2. The molecule has 0 aromatic heterocycles. The summed E-state index contributed by atoms with van der Waals surface area (Å²) < 4.78 is 0. The van der Waals surface area contributed by atoms with E-state index >= 15 is 0 Å². The summed E-state index contributed by atoms with van der Waals surface area (Å²) in [5, 5.41) is 20.3. The van der Waals surface area contributed by atoms with Crippen molar-refractivity contribution in [3.05, 3.63) is 34.3 Å². The first-order chi connectivity index (χ1) is 9.31. The largest absolute Gasteiger partial charge is 0.481 e. The van der Waals surface area contributed by atoms with Gasteiger partial charge in [0.05, 0.1) is 0 Å². The summed E-state index contributed by atoms with van der Waals surface area (Å²) in [6.07, 6.45) is -0.514. The fraction of sp³-hybridized carbons (Fsp3) is 0.308. The Labute approximate surface area is 120 Å². The molecule has 1 aromatic carbocycles. The predicted octanol–water partition coefficient (Wildman–Crippen LogP) is 1.70. The van der Waals surface area contributed by atoms with E-state index in [-0.39, 0.29) is 18.4 Å². The molecule has 0 spiro atoms. The van der Waals surface area contributed by atoms with E-state index in [1.165, 1.54) is 12.1 Å². The predicted molar refractivity (Wildman–Crippen MR) is 71.9 cm³/mol. The fourth-order valence-electron chi connectivity index (χ4n) is 1.55. The number of amides is 1. The van der Waals surface area contributed by atoms with Crippen LogP contribution in [0.3, 0.4) is 0 Å². The second kappa shape index (κ2) is 6.91. The van der Waals surface area contributed by atoms with E-state index in [9.17, 15) is 14.4 Å². The van der Waals surface area contributed by atoms with Crippen LogP contribution in [-0.2, 0) is 9.59 Å². The van der Waals surface area contributed by atoms with Crippen molar-refractivity contribution in [3.63, 3.8) is 0 Å². The standard InChI is InChI=1S/C13H14ClNO5/c1-7-6-8(2-3-9(7)14)12(18)15-10(13(19)20)4-5-11(16)17/h2-3,6,10H,4-5H2,1H3,(H,15,18)(H,16,17)(H,19,20). The van der Waals surface area contributed by atoms with E-state index in [1.54, 1.807) is 13.0 Å². The molecular formula is C13H14ClNO5. The van der Waals surface area contributed by atoms with Gasteiger partial charge in [-0.15, -0.1) is 0 Å². The van der Waals surface area contributed by atoms with Crippen LogP contribution in [0.25, 0.3) is 0 Å². The molecule has 0 saturated carbocycles. The highest BCUT2D eigenvalue weighted by Crippen LogP contribution is 2.16. The molecule has 20 heavy (non-hydrogen) atoms. The zero-order valence-electron chi connectivity index (χ0n) is 10.7. The minimum Gasteiger partial charge on any atom is -0.481 e. The van der Waals surface area contributed by atoms with E-state index in [0.717, 1.165) is 0 Å². The topological polar surface area (TPSA) is 104 Å². The van der Waals surface area contributed by atoms with Gasteiger partial charge in [0.25, 0.3) is 5.91 Å². The number of carboxylic acids is 2. The van der Waals surface area contributed by atoms with Gasteiger partial charge in [-0.05, 0) is 37.1 Å². The first-order valence-corrected chi connectivity index (χ1v) is 6.20. The van der Waals surface area contributed by atoms with Crippen molar-refractivity contribution in [1.82, 2.24) is 5.32 Å². The second-order valence-electron chi connectivity index (χ2n) is 4.26. The Kier molecular flexibility index (Phi) is 5.52. The van der Waals surface area contributed by atoms with Crippen LogP contribution < -0.4 is 5.32 Å². The van der Waals surface area contributed by atoms with Crippen LogP contribution in [0.2, 0.25) is 5.02 Å². The molecule has 1 rings (SSSR count). The van der Waals surface area contributed by atoms with Crippen molar-refractivity contribution in [2.24, 2.45) is 0 Å². The molecule has 1 aromatic rings. The smallest absolute Gasteiger partial charge is 0.326 e. The van der Waals surface area contributed by atoms with Gasteiger partial charge in [0, 0.05) is 17.0 Å². The molecule has 108 valence electrons. The van der Waals surface area contributed by atoms with Crippen molar-refractivity contribution in [2.45, 2.75) is 25.8 Å². The van der Waals surface area contributed by atoms with Crippen LogP contribution in [0.4, 0.5) is 0 Å². The summed E-state index contributed by atoms with van der Waals surface area (Å²) in [5.41, 5.74) is 0.963. The molecule has 0 aliphatic heterocycles. The van der Waals surface area contributed by atoms with E-state index < -0.39 is 23.9 Å². The Morgan fingerprint density at radius 1 is 1.30 bits per heavy atom. The minimum atomic E-state index is -1.27. The Balaban J connectivity index is 2.77. The third-order valence-electron chi connectivity index (χ3n) is 2.67. The zero-order valence-corrected chi connectivity index (χ0v) is 11.5. The van der Waals surface area contributed by atoms with Crippen molar-refractivity contribution >= 4 is 29.4 Å². The minimum absolute atomic E-state index is 0.178. The van der Waals surface area contributed by atoms with Gasteiger partial charge in [-0.3, -0.25) is 9.59 Å². The molecule has 1 amide bonds. The number of carbonyl (C=O) groups is 3. The molecule has 0 aliphatic rings. The van der Waals surface area contributed by atoms with E-state index in [0.29, 0.717) is 10.6 Å². The van der Waals surface area contributed by atoms with Gasteiger partial charge in [-0.2, -0.15) is 0 Å². The first kappa shape index (κ1) is 16.0. The van der Waals surface area contributed by atoms with Gasteiger partial charge in [-0.25, -0.2) is 4.79 Å². The third kappa shape index (κ3) is 4.55. The fourth-order valence-corrected chi connectivity index (χ4v) is 1.67. The highest BCUT2D eigenvalue weighted by Gasteiger charge is 2.21. The average Bonchev–Trinajstić information content (AvgIpc) is 2.36. The van der Waals surface area contributed by atoms with Crippen LogP contribution in [-0.4, -0.2) is 34.1 Å². The van der Waals surface area contributed by atoms with Gasteiger partial charge < -0.3 is 15.5 Å². The third-order valence-corrected chi connectivity index (χ3v) is 3.09. The summed E-state index contributed by atoms with van der Waals surface area (Å²) in [6, 6.07) is 3.31. The van der Waals surface area contributed by atoms with Crippen molar-refractivity contribution in [1.29, 1.82) is 0 Å². The van der Waals surface area contributed by atoms with E-state index in [1.807, 2.05) is 0 Å². The lowest BCUT2D eigenvalue weighted by atomic mass is 10.1. The number of aliphatic carboxylic acids is 2.